The number of carbonyl (C=O) groups excluding carboxylic acids is 1. The zero-order chi connectivity index (χ0) is 13.0. The van der Waals surface area contributed by atoms with E-state index in [2.05, 4.69) is 15.3 Å². The molecule has 0 spiro atoms. The average molecular weight is 305 g/mol. The third-order valence-corrected chi connectivity index (χ3v) is 3.79. The summed E-state index contributed by atoms with van der Waals surface area (Å²) in [4.78, 5) is 20.4. The Hall–Kier alpha value is -0.690. The lowest BCUT2D eigenvalue weighted by Gasteiger charge is -2.23. The van der Waals surface area contributed by atoms with E-state index in [0.717, 1.165) is 44.8 Å². The zero-order valence-electron chi connectivity index (χ0n) is 11.1. The van der Waals surface area contributed by atoms with E-state index in [0.29, 0.717) is 0 Å². The van der Waals surface area contributed by atoms with Crippen LogP contribution in [-0.4, -0.2) is 52.9 Å². The Morgan fingerprint density at radius 3 is 2.89 bits per heavy atom. The highest BCUT2D eigenvalue weighted by molar-refractivity contribution is 7.07. The van der Waals surface area contributed by atoms with Crippen molar-refractivity contribution in [1.29, 1.82) is 0 Å². The molecule has 108 valence electrons. The van der Waals surface area contributed by atoms with Gasteiger partial charge in [0, 0.05) is 38.1 Å². The Balaban J connectivity index is 0.00000180. The van der Waals surface area contributed by atoms with Crippen LogP contribution in [0.1, 0.15) is 19.0 Å². The van der Waals surface area contributed by atoms with Gasteiger partial charge in [0.25, 0.3) is 0 Å². The number of aromatic nitrogens is 1. The Bertz CT molecular complexity index is 385. The van der Waals surface area contributed by atoms with Crippen LogP contribution in [0.4, 0.5) is 0 Å². The zero-order valence-corrected chi connectivity index (χ0v) is 12.8. The van der Waals surface area contributed by atoms with Crippen LogP contribution >= 0.6 is 23.7 Å². The van der Waals surface area contributed by atoms with Crippen molar-refractivity contribution >= 4 is 29.7 Å². The van der Waals surface area contributed by atoms with Gasteiger partial charge < -0.3 is 10.6 Å². The summed E-state index contributed by atoms with van der Waals surface area (Å²) in [7, 11) is 0. The van der Waals surface area contributed by atoms with Gasteiger partial charge in [0.1, 0.15) is 0 Å². The number of hydrogen-bond acceptors (Lipinski definition) is 5. The van der Waals surface area contributed by atoms with Gasteiger partial charge in [-0.25, -0.2) is 4.98 Å². The molecule has 2 N–H and O–H groups in total. The third-order valence-electron chi connectivity index (χ3n) is 3.16. The summed E-state index contributed by atoms with van der Waals surface area (Å²) in [6.45, 7) is 6.12. The highest BCUT2D eigenvalue weighted by atomic mass is 35.5. The number of halogens is 1. The van der Waals surface area contributed by atoms with Gasteiger partial charge in [-0.2, -0.15) is 0 Å². The first-order valence-corrected chi connectivity index (χ1v) is 7.25. The lowest BCUT2D eigenvalue weighted by Crippen LogP contribution is -2.43. The average Bonchev–Trinajstić information content (AvgIpc) is 2.73. The van der Waals surface area contributed by atoms with Gasteiger partial charge in [0.05, 0.1) is 17.2 Å². The Kier molecular flexibility index (Phi) is 6.71. The predicted molar refractivity (Wildman–Crippen MR) is 79.5 cm³/mol. The summed E-state index contributed by atoms with van der Waals surface area (Å²) in [6, 6.07) is -0.393. The Labute approximate surface area is 124 Å². The number of nitrogens with two attached hydrogens (primary N) is 1. The van der Waals surface area contributed by atoms with Gasteiger partial charge in [-0.15, -0.1) is 23.7 Å². The number of hydrogen-bond donors (Lipinski definition) is 1. The molecule has 1 fully saturated rings. The summed E-state index contributed by atoms with van der Waals surface area (Å²) in [5, 5.41) is 2.08. The molecule has 5 nitrogen and oxygen atoms in total. The summed E-state index contributed by atoms with van der Waals surface area (Å²) in [5.74, 6) is 0.0607. The van der Waals surface area contributed by atoms with E-state index in [-0.39, 0.29) is 18.3 Å². The highest BCUT2D eigenvalue weighted by Crippen LogP contribution is 2.09. The molecule has 19 heavy (non-hydrogen) atoms. The number of rotatable bonds is 3. The van der Waals surface area contributed by atoms with Crippen molar-refractivity contribution in [1.82, 2.24) is 14.8 Å². The topological polar surface area (TPSA) is 62.5 Å². The number of carbonyl (C=O) groups is 1. The second-order valence-electron chi connectivity index (χ2n) is 4.72. The minimum atomic E-state index is -0.393. The summed E-state index contributed by atoms with van der Waals surface area (Å²) < 4.78 is 0. The molecule has 1 aliphatic rings. The molecule has 1 saturated heterocycles. The molecule has 0 aromatic carbocycles. The Morgan fingerprint density at radius 2 is 2.26 bits per heavy atom. The fourth-order valence-electron chi connectivity index (χ4n) is 2.18. The molecule has 0 aliphatic carbocycles. The maximum atomic E-state index is 11.8. The summed E-state index contributed by atoms with van der Waals surface area (Å²) in [5.41, 5.74) is 8.63. The first-order chi connectivity index (χ1) is 8.66. The van der Waals surface area contributed by atoms with E-state index >= 15 is 0 Å². The van der Waals surface area contributed by atoms with Gasteiger partial charge in [0.2, 0.25) is 5.91 Å². The fourth-order valence-corrected chi connectivity index (χ4v) is 2.73. The molecular weight excluding hydrogens is 284 g/mol. The molecule has 0 saturated carbocycles. The molecule has 1 aromatic heterocycles. The molecule has 1 atom stereocenters. The lowest BCUT2D eigenvalue weighted by atomic mass is 10.3. The first kappa shape index (κ1) is 16.4. The van der Waals surface area contributed by atoms with Crippen molar-refractivity contribution in [2.75, 3.05) is 26.2 Å². The van der Waals surface area contributed by atoms with Crippen LogP contribution in [0.25, 0.3) is 0 Å². The monoisotopic (exact) mass is 304 g/mol. The largest absolute Gasteiger partial charge is 0.340 e. The molecule has 7 heteroatoms. The van der Waals surface area contributed by atoms with Crippen LogP contribution in [-0.2, 0) is 11.3 Å². The SMILES string of the molecule is CC(N)C(=O)N1CCCN(Cc2cscn2)CC1.Cl. The molecular formula is C12H21ClN4OS. The normalized spacial score (nSPS) is 18.5. The van der Waals surface area contributed by atoms with Gasteiger partial charge in [-0.3, -0.25) is 9.69 Å². The molecule has 1 amide bonds. The van der Waals surface area contributed by atoms with Crippen LogP contribution in [0.15, 0.2) is 10.9 Å². The van der Waals surface area contributed by atoms with Gasteiger partial charge in [-0.05, 0) is 13.3 Å². The third kappa shape index (κ3) is 4.72. The van der Waals surface area contributed by atoms with E-state index in [4.69, 9.17) is 5.73 Å². The minimum absolute atomic E-state index is 0. The minimum Gasteiger partial charge on any atom is -0.340 e. The Morgan fingerprint density at radius 1 is 1.47 bits per heavy atom. The van der Waals surface area contributed by atoms with E-state index in [1.54, 1.807) is 18.3 Å². The van der Waals surface area contributed by atoms with Crippen LogP contribution < -0.4 is 5.73 Å². The lowest BCUT2D eigenvalue weighted by molar-refractivity contribution is -0.132. The fraction of sp³-hybridized carbons (Fsp3) is 0.667. The number of amides is 1. The quantitative estimate of drug-likeness (QED) is 0.903. The first-order valence-electron chi connectivity index (χ1n) is 6.30. The molecule has 0 bridgehead atoms. The van der Waals surface area contributed by atoms with E-state index in [9.17, 15) is 4.79 Å². The summed E-state index contributed by atoms with van der Waals surface area (Å²) in [6.07, 6.45) is 1.00. The van der Waals surface area contributed by atoms with Crippen molar-refractivity contribution in [2.45, 2.75) is 25.9 Å². The highest BCUT2D eigenvalue weighted by Gasteiger charge is 2.21. The van der Waals surface area contributed by atoms with Gasteiger partial charge in [-0.1, -0.05) is 0 Å². The van der Waals surface area contributed by atoms with Crippen LogP contribution in [0.3, 0.4) is 0 Å². The second-order valence-corrected chi connectivity index (χ2v) is 5.44. The summed E-state index contributed by atoms with van der Waals surface area (Å²) >= 11 is 1.62. The van der Waals surface area contributed by atoms with Gasteiger partial charge in [0.15, 0.2) is 0 Å². The standard InChI is InChI=1S/C12H20N4OS.ClH/c1-10(13)12(17)16-4-2-3-15(5-6-16)7-11-8-18-9-14-11;/h8-10H,2-7,13H2,1H3;1H. The van der Waals surface area contributed by atoms with Crippen molar-refractivity contribution in [3.8, 4) is 0 Å². The van der Waals surface area contributed by atoms with Crippen molar-refractivity contribution in [3.63, 3.8) is 0 Å². The molecule has 2 heterocycles. The van der Waals surface area contributed by atoms with Crippen molar-refractivity contribution < 1.29 is 4.79 Å². The smallest absolute Gasteiger partial charge is 0.239 e. The predicted octanol–water partition coefficient (Wildman–Crippen LogP) is 0.946. The van der Waals surface area contributed by atoms with Gasteiger partial charge >= 0.3 is 0 Å². The molecule has 0 radical (unpaired) electrons. The van der Waals surface area contributed by atoms with E-state index in [1.165, 1.54) is 0 Å². The van der Waals surface area contributed by atoms with Crippen molar-refractivity contribution in [3.05, 3.63) is 16.6 Å². The van der Waals surface area contributed by atoms with E-state index < -0.39 is 6.04 Å². The number of thiazole rings is 1. The molecule has 1 aliphatic heterocycles. The maximum absolute atomic E-state index is 11.8. The van der Waals surface area contributed by atoms with Crippen LogP contribution in [0, 0.1) is 0 Å². The maximum Gasteiger partial charge on any atom is 0.239 e. The van der Waals surface area contributed by atoms with Crippen molar-refractivity contribution in [2.24, 2.45) is 5.73 Å². The molecule has 1 aromatic rings. The van der Waals surface area contributed by atoms with Crippen LogP contribution in [0.5, 0.6) is 0 Å². The second kappa shape index (κ2) is 7.79. The molecule has 2 rings (SSSR count). The van der Waals surface area contributed by atoms with Crippen LogP contribution in [0.2, 0.25) is 0 Å². The van der Waals surface area contributed by atoms with E-state index in [1.807, 2.05) is 10.4 Å². The molecule has 1 unspecified atom stereocenters. The number of nitrogens with zero attached hydrogens (tertiary/aromatic N) is 3.